The Hall–Kier alpha value is -0.950. The zero-order valence-electron chi connectivity index (χ0n) is 10.5. The predicted molar refractivity (Wildman–Crippen MR) is 89.3 cm³/mol. The lowest BCUT2D eigenvalue weighted by Crippen LogP contribution is -2.26. The van der Waals surface area contributed by atoms with Crippen molar-refractivity contribution in [1.82, 2.24) is 5.32 Å². The summed E-state index contributed by atoms with van der Waals surface area (Å²) in [7, 11) is 0. The maximum absolute atomic E-state index is 12.8. The highest BCUT2D eigenvalue weighted by atomic mass is 127. The highest BCUT2D eigenvalue weighted by Crippen LogP contribution is 2.19. The van der Waals surface area contributed by atoms with Crippen LogP contribution in [0.1, 0.15) is 15.9 Å². The molecule has 0 atom stereocenters. The summed E-state index contributed by atoms with van der Waals surface area (Å²) in [5, 5.41) is 2.86. The van der Waals surface area contributed by atoms with Crippen LogP contribution in [-0.4, -0.2) is 12.5 Å². The van der Waals surface area contributed by atoms with Gasteiger partial charge in [0.05, 0.1) is 5.56 Å². The second-order valence-corrected chi connectivity index (χ2v) is 6.36. The number of nitrogens with one attached hydrogen (secondary N) is 1. The Labute approximate surface area is 139 Å². The molecule has 0 saturated carbocycles. The second kappa shape index (κ2) is 7.17. The molecule has 2 nitrogen and oxygen atoms in total. The lowest BCUT2D eigenvalue weighted by molar-refractivity contribution is 0.0953. The molecule has 2 aromatic carbocycles. The minimum Gasteiger partial charge on any atom is -0.352 e. The van der Waals surface area contributed by atoms with Crippen LogP contribution in [0.25, 0.3) is 0 Å². The number of amides is 1. The number of carbonyl (C=O) groups excluding carboxylic acids is 1. The molecule has 0 bridgehead atoms. The minimum absolute atomic E-state index is 0.113. The van der Waals surface area contributed by atoms with E-state index in [9.17, 15) is 9.18 Å². The number of hydrogen-bond acceptors (Lipinski definition) is 1. The fourth-order valence-electron chi connectivity index (χ4n) is 1.74. The molecular formula is C15H12BrFINO. The zero-order chi connectivity index (χ0) is 14.5. The van der Waals surface area contributed by atoms with Crippen molar-refractivity contribution >= 4 is 44.4 Å². The van der Waals surface area contributed by atoms with Crippen LogP contribution in [0.3, 0.4) is 0 Å². The fraction of sp³-hybridized carbons (Fsp3) is 0.133. The maximum atomic E-state index is 12.8. The number of halogens is 3. The zero-order valence-corrected chi connectivity index (χ0v) is 14.2. The number of rotatable bonds is 4. The largest absolute Gasteiger partial charge is 0.352 e. The third kappa shape index (κ3) is 4.28. The van der Waals surface area contributed by atoms with Crippen LogP contribution < -0.4 is 5.32 Å². The number of carbonyl (C=O) groups is 1. The summed E-state index contributed by atoms with van der Waals surface area (Å²) in [4.78, 5) is 12.1. The topological polar surface area (TPSA) is 29.1 Å². The van der Waals surface area contributed by atoms with Gasteiger partial charge in [-0.05, 0) is 80.8 Å². The first-order valence-electron chi connectivity index (χ1n) is 6.04. The van der Waals surface area contributed by atoms with E-state index in [0.29, 0.717) is 18.5 Å². The Balaban J connectivity index is 1.92. The highest BCUT2D eigenvalue weighted by Gasteiger charge is 2.09. The molecule has 0 aliphatic rings. The maximum Gasteiger partial charge on any atom is 0.252 e. The van der Waals surface area contributed by atoms with E-state index < -0.39 is 0 Å². The van der Waals surface area contributed by atoms with Crippen molar-refractivity contribution in [3.63, 3.8) is 0 Å². The molecule has 0 radical (unpaired) electrons. The van der Waals surface area contributed by atoms with Crippen LogP contribution in [0.15, 0.2) is 46.9 Å². The van der Waals surface area contributed by atoms with Crippen molar-refractivity contribution in [3.05, 3.63) is 67.5 Å². The molecule has 20 heavy (non-hydrogen) atoms. The summed E-state index contributed by atoms with van der Waals surface area (Å²) < 4.78 is 14.5. The standard InChI is InChI=1S/C15H12BrFINO/c16-14-6-5-12(18)9-13(14)15(20)19-8-7-10-1-3-11(17)4-2-10/h1-6,9H,7-8H2,(H,19,20). The van der Waals surface area contributed by atoms with E-state index in [2.05, 4.69) is 43.8 Å². The quantitative estimate of drug-likeness (QED) is 0.700. The normalized spacial score (nSPS) is 10.3. The molecule has 0 aromatic heterocycles. The van der Waals surface area contributed by atoms with Gasteiger partial charge in [-0.15, -0.1) is 0 Å². The fourth-order valence-corrected chi connectivity index (χ4v) is 2.66. The van der Waals surface area contributed by atoms with Crippen LogP contribution in [0.5, 0.6) is 0 Å². The minimum atomic E-state index is -0.249. The van der Waals surface area contributed by atoms with Gasteiger partial charge in [-0.3, -0.25) is 4.79 Å². The lowest BCUT2D eigenvalue weighted by Gasteiger charge is -2.07. The van der Waals surface area contributed by atoms with E-state index in [0.717, 1.165) is 13.6 Å². The smallest absolute Gasteiger partial charge is 0.252 e. The Morgan fingerprint density at radius 2 is 1.90 bits per heavy atom. The van der Waals surface area contributed by atoms with E-state index in [-0.39, 0.29) is 11.7 Å². The van der Waals surface area contributed by atoms with Crippen LogP contribution in [0.4, 0.5) is 4.39 Å². The molecule has 0 unspecified atom stereocenters. The molecular weight excluding hydrogens is 436 g/mol. The molecule has 0 saturated heterocycles. The molecule has 2 rings (SSSR count). The van der Waals surface area contributed by atoms with Gasteiger partial charge in [0.25, 0.3) is 5.91 Å². The van der Waals surface area contributed by atoms with E-state index >= 15 is 0 Å². The Morgan fingerprint density at radius 3 is 2.60 bits per heavy atom. The molecule has 0 fully saturated rings. The van der Waals surface area contributed by atoms with Crippen LogP contribution in [-0.2, 0) is 6.42 Å². The predicted octanol–water partition coefficient (Wildman–Crippen LogP) is 4.17. The Kier molecular flexibility index (Phi) is 5.54. The van der Waals surface area contributed by atoms with Gasteiger partial charge in [-0.1, -0.05) is 12.1 Å². The molecule has 104 valence electrons. The van der Waals surface area contributed by atoms with Gasteiger partial charge in [0.15, 0.2) is 0 Å². The SMILES string of the molecule is O=C(NCCc1ccc(F)cc1)c1cc(I)ccc1Br. The third-order valence-corrected chi connectivity index (χ3v) is 4.15. The molecule has 0 heterocycles. The average Bonchev–Trinajstić information content (AvgIpc) is 2.43. The van der Waals surface area contributed by atoms with Crippen molar-refractivity contribution < 1.29 is 9.18 Å². The lowest BCUT2D eigenvalue weighted by atomic mass is 10.1. The number of benzene rings is 2. The second-order valence-electron chi connectivity index (χ2n) is 4.26. The van der Waals surface area contributed by atoms with Gasteiger partial charge in [-0.25, -0.2) is 4.39 Å². The summed E-state index contributed by atoms with van der Waals surface area (Å²) in [6.07, 6.45) is 0.674. The summed E-state index contributed by atoms with van der Waals surface area (Å²) in [6, 6.07) is 11.9. The van der Waals surface area contributed by atoms with Gasteiger partial charge in [-0.2, -0.15) is 0 Å². The van der Waals surface area contributed by atoms with Crippen molar-refractivity contribution in [1.29, 1.82) is 0 Å². The van der Waals surface area contributed by atoms with Crippen LogP contribution in [0, 0.1) is 9.39 Å². The first-order valence-corrected chi connectivity index (χ1v) is 7.91. The van der Waals surface area contributed by atoms with E-state index in [4.69, 9.17) is 0 Å². The summed E-state index contributed by atoms with van der Waals surface area (Å²) >= 11 is 5.54. The summed E-state index contributed by atoms with van der Waals surface area (Å²) in [6.45, 7) is 0.516. The van der Waals surface area contributed by atoms with Crippen LogP contribution >= 0.6 is 38.5 Å². The molecule has 0 spiro atoms. The third-order valence-electron chi connectivity index (χ3n) is 2.79. The molecule has 2 aromatic rings. The van der Waals surface area contributed by atoms with Gasteiger partial charge >= 0.3 is 0 Å². The Bertz CT molecular complexity index is 616. The molecule has 0 aliphatic heterocycles. The van der Waals surface area contributed by atoms with Gasteiger partial charge in [0.1, 0.15) is 5.82 Å². The first-order chi connectivity index (χ1) is 9.56. The average molecular weight is 448 g/mol. The Morgan fingerprint density at radius 1 is 1.20 bits per heavy atom. The molecule has 1 amide bonds. The van der Waals surface area contributed by atoms with E-state index in [1.165, 1.54) is 12.1 Å². The molecule has 0 aliphatic carbocycles. The monoisotopic (exact) mass is 447 g/mol. The summed E-state index contributed by atoms with van der Waals surface area (Å²) in [5.41, 5.74) is 1.62. The van der Waals surface area contributed by atoms with Crippen LogP contribution in [0.2, 0.25) is 0 Å². The van der Waals surface area contributed by atoms with Crippen molar-refractivity contribution in [2.45, 2.75) is 6.42 Å². The van der Waals surface area contributed by atoms with Crippen molar-refractivity contribution in [2.75, 3.05) is 6.54 Å². The highest BCUT2D eigenvalue weighted by molar-refractivity contribution is 14.1. The first kappa shape index (κ1) is 15.4. The van der Waals surface area contributed by atoms with E-state index in [1.807, 2.05) is 18.2 Å². The van der Waals surface area contributed by atoms with Crippen molar-refractivity contribution in [3.8, 4) is 0 Å². The van der Waals surface area contributed by atoms with Crippen molar-refractivity contribution in [2.24, 2.45) is 0 Å². The summed E-state index contributed by atoms with van der Waals surface area (Å²) in [5.74, 6) is -0.363. The van der Waals surface area contributed by atoms with Gasteiger partial charge in [0.2, 0.25) is 0 Å². The molecule has 1 N–H and O–H groups in total. The van der Waals surface area contributed by atoms with Gasteiger partial charge in [0, 0.05) is 14.6 Å². The molecule has 5 heteroatoms. The van der Waals surface area contributed by atoms with Gasteiger partial charge < -0.3 is 5.32 Å². The van der Waals surface area contributed by atoms with E-state index in [1.54, 1.807) is 12.1 Å². The number of hydrogen-bond donors (Lipinski definition) is 1.